The van der Waals surface area contributed by atoms with Gasteiger partial charge in [0, 0.05) is 32.2 Å². The Balaban J connectivity index is 1.74. The lowest BCUT2D eigenvalue weighted by Gasteiger charge is -2.32. The molecule has 4 nitrogen and oxygen atoms in total. The summed E-state index contributed by atoms with van der Waals surface area (Å²) < 4.78 is 5.34. The van der Waals surface area contributed by atoms with Gasteiger partial charge in [0.15, 0.2) is 0 Å². The van der Waals surface area contributed by atoms with Crippen LogP contribution in [0.2, 0.25) is 0 Å². The van der Waals surface area contributed by atoms with Crippen molar-refractivity contribution in [2.24, 2.45) is 0 Å². The zero-order valence-electron chi connectivity index (χ0n) is 14.2. The Morgan fingerprint density at radius 3 is 2.50 bits per heavy atom. The highest BCUT2D eigenvalue weighted by molar-refractivity contribution is 5.21. The third kappa shape index (κ3) is 5.69. The third-order valence-electron chi connectivity index (χ3n) is 4.48. The average Bonchev–Trinajstić information content (AvgIpc) is 2.50. The molecule has 0 spiro atoms. The normalized spacial score (nSPS) is 19.3. The van der Waals surface area contributed by atoms with Gasteiger partial charge in [-0.05, 0) is 32.9 Å². The van der Waals surface area contributed by atoms with Crippen molar-refractivity contribution in [1.82, 2.24) is 9.80 Å². The fourth-order valence-corrected chi connectivity index (χ4v) is 2.87. The number of benzene rings is 1. The molecule has 22 heavy (non-hydrogen) atoms. The van der Waals surface area contributed by atoms with E-state index in [0.717, 1.165) is 39.3 Å². The lowest BCUT2D eigenvalue weighted by atomic mass is 10.0. The molecular formula is C18H30N2O2. The fraction of sp³-hybridized carbons (Fsp3) is 0.667. The Morgan fingerprint density at radius 1 is 1.23 bits per heavy atom. The molecule has 0 aliphatic carbocycles. The van der Waals surface area contributed by atoms with Crippen molar-refractivity contribution in [1.29, 1.82) is 0 Å². The van der Waals surface area contributed by atoms with E-state index in [-0.39, 0.29) is 6.10 Å². The molecule has 1 saturated heterocycles. The van der Waals surface area contributed by atoms with E-state index < -0.39 is 0 Å². The van der Waals surface area contributed by atoms with Gasteiger partial charge in [0.2, 0.25) is 0 Å². The number of β-amino-alcohol motifs (C(OH)–C–C–N with tert-alkyl or cyclic N) is 1. The monoisotopic (exact) mass is 306 g/mol. The molecule has 1 aromatic rings. The van der Waals surface area contributed by atoms with E-state index in [4.69, 9.17) is 4.74 Å². The molecule has 1 heterocycles. The minimum Gasteiger partial charge on any atom is -0.390 e. The van der Waals surface area contributed by atoms with Crippen LogP contribution in [0.15, 0.2) is 24.3 Å². The second kappa shape index (κ2) is 8.63. The first-order valence-electron chi connectivity index (χ1n) is 8.28. The second-order valence-electron chi connectivity index (χ2n) is 6.55. The van der Waals surface area contributed by atoms with Gasteiger partial charge in [-0.15, -0.1) is 0 Å². The second-order valence-corrected chi connectivity index (χ2v) is 6.55. The Morgan fingerprint density at radius 2 is 1.86 bits per heavy atom. The van der Waals surface area contributed by atoms with Crippen molar-refractivity contribution in [2.75, 3.05) is 46.4 Å². The van der Waals surface area contributed by atoms with Crippen LogP contribution >= 0.6 is 0 Å². The average molecular weight is 306 g/mol. The lowest BCUT2D eigenvalue weighted by molar-refractivity contribution is 0.00634. The summed E-state index contributed by atoms with van der Waals surface area (Å²) in [7, 11) is 2.10. The number of likely N-dealkylation sites (N-methyl/N-ethyl adjacent to an activating group) is 1. The number of hydrogen-bond acceptors (Lipinski definition) is 4. The van der Waals surface area contributed by atoms with E-state index >= 15 is 0 Å². The molecule has 0 radical (unpaired) electrons. The summed E-state index contributed by atoms with van der Waals surface area (Å²) in [5, 5.41) is 10.3. The highest BCUT2D eigenvalue weighted by Gasteiger charge is 2.18. The first-order chi connectivity index (χ1) is 10.5. The molecule has 2 rings (SSSR count). The quantitative estimate of drug-likeness (QED) is 0.829. The van der Waals surface area contributed by atoms with Crippen molar-refractivity contribution in [2.45, 2.75) is 32.4 Å². The molecule has 0 saturated carbocycles. The molecule has 1 N–H and O–H groups in total. The summed E-state index contributed by atoms with van der Waals surface area (Å²) in [4.78, 5) is 4.54. The highest BCUT2D eigenvalue weighted by atomic mass is 16.5. The SMILES string of the molecule is Cc1ccc(CC(C)N(C)CC(O)CN2CCOCC2)cc1. The number of ether oxygens (including phenoxy) is 1. The van der Waals surface area contributed by atoms with E-state index in [1.54, 1.807) is 0 Å². The smallest absolute Gasteiger partial charge is 0.0793 e. The first-order valence-corrected chi connectivity index (χ1v) is 8.28. The molecule has 124 valence electrons. The standard InChI is InChI=1S/C18H30N2O2/c1-15-4-6-17(7-5-15)12-16(2)19(3)13-18(21)14-20-8-10-22-11-9-20/h4-7,16,18,21H,8-14H2,1-3H3. The number of rotatable bonds is 7. The lowest BCUT2D eigenvalue weighted by Crippen LogP contribution is -2.45. The van der Waals surface area contributed by atoms with Gasteiger partial charge in [-0.2, -0.15) is 0 Å². The van der Waals surface area contributed by atoms with Crippen LogP contribution in [0.5, 0.6) is 0 Å². The zero-order valence-corrected chi connectivity index (χ0v) is 14.2. The summed E-state index contributed by atoms with van der Waals surface area (Å²) in [5.74, 6) is 0. The molecule has 1 fully saturated rings. The fourth-order valence-electron chi connectivity index (χ4n) is 2.87. The van der Waals surface area contributed by atoms with E-state index in [1.165, 1.54) is 11.1 Å². The third-order valence-corrected chi connectivity index (χ3v) is 4.48. The van der Waals surface area contributed by atoms with Crippen LogP contribution < -0.4 is 0 Å². The summed E-state index contributed by atoms with van der Waals surface area (Å²) in [5.41, 5.74) is 2.65. The number of hydrogen-bond donors (Lipinski definition) is 1. The van der Waals surface area contributed by atoms with Gasteiger partial charge in [-0.3, -0.25) is 4.90 Å². The molecule has 1 aliphatic rings. The van der Waals surface area contributed by atoms with Crippen molar-refractivity contribution in [3.63, 3.8) is 0 Å². The van der Waals surface area contributed by atoms with Gasteiger partial charge >= 0.3 is 0 Å². The largest absolute Gasteiger partial charge is 0.390 e. The summed E-state index contributed by atoms with van der Waals surface area (Å²) in [6, 6.07) is 9.14. The molecule has 2 atom stereocenters. The van der Waals surface area contributed by atoms with E-state index in [1.807, 2.05) is 0 Å². The minimum absolute atomic E-state index is 0.302. The topological polar surface area (TPSA) is 35.9 Å². The molecule has 1 aliphatic heterocycles. The maximum absolute atomic E-state index is 10.3. The van der Waals surface area contributed by atoms with Gasteiger partial charge in [-0.1, -0.05) is 29.8 Å². The van der Waals surface area contributed by atoms with Crippen LogP contribution in [-0.4, -0.2) is 73.5 Å². The number of aliphatic hydroxyl groups excluding tert-OH is 1. The van der Waals surface area contributed by atoms with Crippen molar-refractivity contribution >= 4 is 0 Å². The van der Waals surface area contributed by atoms with E-state index in [2.05, 4.69) is 55.0 Å². The molecule has 0 amide bonds. The summed E-state index contributed by atoms with van der Waals surface area (Å²) >= 11 is 0. The van der Waals surface area contributed by atoms with Crippen molar-refractivity contribution < 1.29 is 9.84 Å². The first kappa shape index (κ1) is 17.4. The maximum Gasteiger partial charge on any atom is 0.0793 e. The van der Waals surface area contributed by atoms with Crippen LogP contribution in [0.3, 0.4) is 0 Å². The van der Waals surface area contributed by atoms with Crippen molar-refractivity contribution in [3.05, 3.63) is 35.4 Å². The Bertz CT molecular complexity index is 429. The Kier molecular flexibility index (Phi) is 6.83. The molecule has 0 bridgehead atoms. The van der Waals surface area contributed by atoms with Gasteiger partial charge in [0.05, 0.1) is 19.3 Å². The molecule has 4 heteroatoms. The maximum atomic E-state index is 10.3. The summed E-state index contributed by atoms with van der Waals surface area (Å²) in [6.07, 6.45) is 0.713. The van der Waals surface area contributed by atoms with Crippen LogP contribution in [0.4, 0.5) is 0 Å². The number of morpholine rings is 1. The minimum atomic E-state index is -0.302. The predicted molar refractivity (Wildman–Crippen MR) is 90.2 cm³/mol. The molecule has 1 aromatic carbocycles. The van der Waals surface area contributed by atoms with Crippen LogP contribution in [0.1, 0.15) is 18.1 Å². The van der Waals surface area contributed by atoms with Crippen molar-refractivity contribution in [3.8, 4) is 0 Å². The Hall–Kier alpha value is -0.940. The Labute approximate surface area is 134 Å². The van der Waals surface area contributed by atoms with Gasteiger partial charge in [-0.25, -0.2) is 0 Å². The van der Waals surface area contributed by atoms with Crippen LogP contribution in [0.25, 0.3) is 0 Å². The summed E-state index contributed by atoms with van der Waals surface area (Å²) in [6.45, 7) is 9.22. The van der Waals surface area contributed by atoms with Gasteiger partial charge in [0.25, 0.3) is 0 Å². The number of aliphatic hydroxyl groups is 1. The number of nitrogens with zero attached hydrogens (tertiary/aromatic N) is 2. The molecule has 2 unspecified atom stereocenters. The number of aryl methyl sites for hydroxylation is 1. The van der Waals surface area contributed by atoms with Gasteiger partial charge in [0.1, 0.15) is 0 Å². The highest BCUT2D eigenvalue weighted by Crippen LogP contribution is 2.10. The van der Waals surface area contributed by atoms with Gasteiger partial charge < -0.3 is 14.7 Å². The molecular weight excluding hydrogens is 276 g/mol. The van der Waals surface area contributed by atoms with E-state index in [9.17, 15) is 5.11 Å². The van der Waals surface area contributed by atoms with Crippen LogP contribution in [-0.2, 0) is 11.2 Å². The predicted octanol–water partition coefficient (Wildman–Crippen LogP) is 1.55. The molecule has 0 aromatic heterocycles. The zero-order chi connectivity index (χ0) is 15.9. The van der Waals surface area contributed by atoms with Crippen LogP contribution in [0, 0.1) is 6.92 Å². The van der Waals surface area contributed by atoms with E-state index in [0.29, 0.717) is 12.6 Å².